The Morgan fingerprint density at radius 3 is 2.00 bits per heavy atom. The van der Waals surface area contributed by atoms with Gasteiger partial charge in [0, 0.05) is 11.1 Å². The lowest BCUT2D eigenvalue weighted by atomic mass is 9.95. The minimum absolute atomic E-state index is 0.0856. The summed E-state index contributed by atoms with van der Waals surface area (Å²) < 4.78 is 38.6. The zero-order valence-corrected chi connectivity index (χ0v) is 13.8. The summed E-state index contributed by atoms with van der Waals surface area (Å²) in [4.78, 5) is 11.8. The molecule has 0 heterocycles. The molecular formula is C15H21ClF3NO. The van der Waals surface area contributed by atoms with Crippen LogP contribution in [0.5, 0.6) is 0 Å². The van der Waals surface area contributed by atoms with Gasteiger partial charge in [0.25, 0.3) is 0 Å². The van der Waals surface area contributed by atoms with Gasteiger partial charge in [-0.25, -0.2) is 0 Å². The molecule has 21 heavy (non-hydrogen) atoms. The Morgan fingerprint density at radius 1 is 1.14 bits per heavy atom. The van der Waals surface area contributed by atoms with Crippen LogP contribution in [0.2, 0.25) is 5.02 Å². The number of halogens is 4. The van der Waals surface area contributed by atoms with Crippen molar-refractivity contribution in [3.05, 3.63) is 28.3 Å². The zero-order chi connectivity index (χ0) is 17.0. The van der Waals surface area contributed by atoms with Gasteiger partial charge >= 0.3 is 6.18 Å². The number of nitrogens with one attached hydrogen (secondary N) is 1. The van der Waals surface area contributed by atoms with Crippen LogP contribution in [0.25, 0.3) is 0 Å². The Hall–Kier alpha value is -1.23. The fraction of sp³-hybridized carbons (Fsp3) is 0.533. The third-order valence-corrected chi connectivity index (χ3v) is 2.94. The molecular weight excluding hydrogens is 303 g/mol. The van der Waals surface area contributed by atoms with Gasteiger partial charge in [0.05, 0.1) is 10.6 Å². The Labute approximate surface area is 128 Å². The van der Waals surface area contributed by atoms with Crippen molar-refractivity contribution >= 4 is 23.2 Å². The third-order valence-electron chi connectivity index (χ3n) is 2.63. The van der Waals surface area contributed by atoms with E-state index >= 15 is 0 Å². The van der Waals surface area contributed by atoms with E-state index in [2.05, 4.69) is 5.32 Å². The maximum atomic E-state index is 12.9. The van der Waals surface area contributed by atoms with Crippen LogP contribution in [0, 0.1) is 12.3 Å². The first-order valence-electron chi connectivity index (χ1n) is 6.62. The Bertz CT molecular complexity index is 505. The predicted octanol–water partition coefficient (Wildman–Crippen LogP) is 5.68. The first kappa shape index (κ1) is 19.8. The van der Waals surface area contributed by atoms with Crippen LogP contribution in [0.3, 0.4) is 0 Å². The van der Waals surface area contributed by atoms with Crippen LogP contribution in [0.1, 0.15) is 45.7 Å². The molecule has 0 aromatic heterocycles. The fourth-order valence-corrected chi connectivity index (χ4v) is 1.78. The number of alkyl halides is 3. The van der Waals surface area contributed by atoms with Crippen molar-refractivity contribution in [2.24, 2.45) is 5.41 Å². The number of carbonyl (C=O) groups excluding carboxylic acids is 1. The Kier molecular flexibility index (Phi) is 6.74. The quantitative estimate of drug-likeness (QED) is 0.708. The molecule has 1 N–H and O–H groups in total. The van der Waals surface area contributed by atoms with E-state index < -0.39 is 17.2 Å². The van der Waals surface area contributed by atoms with Crippen LogP contribution in [0.4, 0.5) is 18.9 Å². The van der Waals surface area contributed by atoms with E-state index in [0.717, 1.165) is 6.07 Å². The predicted molar refractivity (Wildman–Crippen MR) is 80.6 cm³/mol. The highest BCUT2D eigenvalue weighted by molar-refractivity contribution is 6.31. The summed E-state index contributed by atoms with van der Waals surface area (Å²) in [7, 11) is 0. The number of hydrogen-bond donors (Lipinski definition) is 1. The Morgan fingerprint density at radius 2 is 1.62 bits per heavy atom. The average Bonchev–Trinajstić information content (AvgIpc) is 2.32. The maximum Gasteiger partial charge on any atom is 0.418 e. The number of hydrogen-bond acceptors (Lipinski definition) is 1. The average molecular weight is 324 g/mol. The number of amides is 1. The van der Waals surface area contributed by atoms with Crippen molar-refractivity contribution in [2.45, 2.75) is 47.7 Å². The molecule has 0 bridgehead atoms. The van der Waals surface area contributed by atoms with Crippen molar-refractivity contribution in [3.63, 3.8) is 0 Å². The van der Waals surface area contributed by atoms with Gasteiger partial charge in [-0.3, -0.25) is 4.79 Å². The molecule has 0 fully saturated rings. The molecule has 0 radical (unpaired) electrons. The normalized spacial score (nSPS) is 11.5. The van der Waals surface area contributed by atoms with E-state index in [-0.39, 0.29) is 22.2 Å². The molecule has 0 aliphatic heterocycles. The van der Waals surface area contributed by atoms with E-state index in [1.165, 1.54) is 13.0 Å². The molecule has 1 rings (SSSR count). The second kappa shape index (κ2) is 7.16. The summed E-state index contributed by atoms with van der Waals surface area (Å²) in [6, 6.07) is 2.51. The fourth-order valence-electron chi connectivity index (χ4n) is 1.47. The molecule has 0 atom stereocenters. The highest BCUT2D eigenvalue weighted by Crippen LogP contribution is 2.39. The monoisotopic (exact) mass is 323 g/mol. The first-order valence-corrected chi connectivity index (χ1v) is 7.00. The van der Waals surface area contributed by atoms with Crippen molar-refractivity contribution < 1.29 is 18.0 Å². The minimum atomic E-state index is -4.55. The lowest BCUT2D eigenvalue weighted by molar-refractivity contribution is -0.138. The Balaban J connectivity index is 0.00000191. The van der Waals surface area contributed by atoms with Crippen LogP contribution in [-0.4, -0.2) is 5.91 Å². The molecule has 1 aromatic rings. The van der Waals surface area contributed by atoms with Gasteiger partial charge in [0.1, 0.15) is 0 Å². The summed E-state index contributed by atoms with van der Waals surface area (Å²) >= 11 is 5.58. The molecule has 0 unspecified atom stereocenters. The van der Waals surface area contributed by atoms with Crippen molar-refractivity contribution in [1.29, 1.82) is 0 Å². The smallest absolute Gasteiger partial charge is 0.325 e. The zero-order valence-electron chi connectivity index (χ0n) is 13.1. The van der Waals surface area contributed by atoms with E-state index in [1.807, 2.05) is 13.8 Å². The van der Waals surface area contributed by atoms with E-state index in [9.17, 15) is 18.0 Å². The number of rotatable bonds is 1. The first-order chi connectivity index (χ1) is 9.44. The van der Waals surface area contributed by atoms with Gasteiger partial charge in [-0.05, 0) is 24.6 Å². The second-order valence-corrected chi connectivity index (χ2v) is 5.70. The third kappa shape index (κ3) is 5.23. The summed E-state index contributed by atoms with van der Waals surface area (Å²) in [5.41, 5.74) is -1.57. The minimum Gasteiger partial charge on any atom is -0.325 e. The molecule has 1 amide bonds. The highest BCUT2D eigenvalue weighted by Gasteiger charge is 2.36. The highest BCUT2D eigenvalue weighted by atomic mass is 35.5. The van der Waals surface area contributed by atoms with Crippen LogP contribution in [-0.2, 0) is 11.0 Å². The summed E-state index contributed by atoms with van der Waals surface area (Å²) in [6.45, 7) is 10.3. The lowest BCUT2D eigenvalue weighted by Gasteiger charge is -2.21. The summed E-state index contributed by atoms with van der Waals surface area (Å²) in [5, 5.41) is 2.12. The van der Waals surface area contributed by atoms with Crippen LogP contribution < -0.4 is 5.32 Å². The van der Waals surface area contributed by atoms with E-state index in [0.29, 0.717) is 0 Å². The maximum absolute atomic E-state index is 12.9. The van der Waals surface area contributed by atoms with Gasteiger partial charge in [-0.1, -0.05) is 46.2 Å². The standard InChI is InChI=1S/C13H15ClF3NO.C2H6/c1-7-9(18-11(19)12(2,3)4)6-5-8(14)10(7)13(15,16)17;1-2/h5-6H,1-4H3,(H,18,19);1-2H3. The molecule has 0 aliphatic rings. The van der Waals surface area contributed by atoms with Gasteiger partial charge in [-0.15, -0.1) is 0 Å². The molecule has 2 nitrogen and oxygen atoms in total. The molecule has 1 aromatic carbocycles. The molecule has 120 valence electrons. The molecule has 0 aliphatic carbocycles. The number of carbonyl (C=O) groups is 1. The molecule has 6 heteroatoms. The molecule has 0 saturated carbocycles. The van der Waals surface area contributed by atoms with Gasteiger partial charge in [0.15, 0.2) is 0 Å². The van der Waals surface area contributed by atoms with Gasteiger partial charge in [0.2, 0.25) is 5.91 Å². The van der Waals surface area contributed by atoms with Gasteiger partial charge < -0.3 is 5.32 Å². The number of benzene rings is 1. The van der Waals surface area contributed by atoms with Crippen molar-refractivity contribution in [3.8, 4) is 0 Å². The summed E-state index contributed by atoms with van der Waals surface area (Å²) in [6.07, 6.45) is -4.55. The van der Waals surface area contributed by atoms with E-state index in [1.54, 1.807) is 20.8 Å². The number of anilines is 1. The molecule has 0 saturated heterocycles. The van der Waals surface area contributed by atoms with Gasteiger partial charge in [-0.2, -0.15) is 13.2 Å². The second-order valence-electron chi connectivity index (χ2n) is 5.30. The van der Waals surface area contributed by atoms with Crippen LogP contribution in [0.15, 0.2) is 12.1 Å². The van der Waals surface area contributed by atoms with Crippen molar-refractivity contribution in [1.82, 2.24) is 0 Å². The topological polar surface area (TPSA) is 29.1 Å². The van der Waals surface area contributed by atoms with Crippen molar-refractivity contribution in [2.75, 3.05) is 5.32 Å². The SMILES string of the molecule is CC.Cc1c(NC(=O)C(C)(C)C)ccc(Cl)c1C(F)(F)F. The lowest BCUT2D eigenvalue weighted by Crippen LogP contribution is -2.28. The van der Waals surface area contributed by atoms with E-state index in [4.69, 9.17) is 11.6 Å². The largest absolute Gasteiger partial charge is 0.418 e. The summed E-state index contributed by atoms with van der Waals surface area (Å²) in [5.74, 6) is -0.356. The molecule has 0 spiro atoms. The van der Waals surface area contributed by atoms with Crippen LogP contribution >= 0.6 is 11.6 Å².